The fourth-order valence-corrected chi connectivity index (χ4v) is 8.40. The molecular formula is C65H104O12. The van der Waals surface area contributed by atoms with Crippen LogP contribution in [0.5, 0.6) is 0 Å². The molecule has 12 heteroatoms. The molecule has 0 aromatic heterocycles. The van der Waals surface area contributed by atoms with Gasteiger partial charge in [-0.3, -0.25) is 14.4 Å². The number of carbonyl (C=O) groups excluding carboxylic acids is 3. The Bertz CT molecular complexity index is 1750. The molecule has 1 saturated heterocycles. The number of unbranched alkanes of at least 4 members (excludes halogenated alkanes) is 18. The Morgan fingerprint density at radius 3 is 1.29 bits per heavy atom. The molecule has 0 radical (unpaired) electrons. The topological polar surface area (TPSA) is 175 Å². The highest BCUT2D eigenvalue weighted by Crippen LogP contribution is 2.26. The maximum absolute atomic E-state index is 13.1. The summed E-state index contributed by atoms with van der Waals surface area (Å²) in [5, 5.41) is 31.4. The minimum Gasteiger partial charge on any atom is -0.479 e. The van der Waals surface area contributed by atoms with Crippen molar-refractivity contribution in [3.05, 3.63) is 109 Å². The lowest BCUT2D eigenvalue weighted by Gasteiger charge is -2.40. The molecule has 1 aliphatic heterocycles. The van der Waals surface area contributed by atoms with Crippen molar-refractivity contribution in [1.82, 2.24) is 0 Å². The number of hydrogen-bond donors (Lipinski definition) is 3. The van der Waals surface area contributed by atoms with Gasteiger partial charge in [0.1, 0.15) is 18.8 Å². The Morgan fingerprint density at radius 2 is 0.857 bits per heavy atom. The van der Waals surface area contributed by atoms with Crippen LogP contribution in [0.3, 0.4) is 0 Å². The first-order chi connectivity index (χ1) is 37.6. The zero-order chi connectivity index (χ0) is 56.1. The van der Waals surface area contributed by atoms with Crippen molar-refractivity contribution in [3.63, 3.8) is 0 Å². The quantitative estimate of drug-likeness (QED) is 0.0228. The van der Waals surface area contributed by atoms with Gasteiger partial charge in [-0.1, -0.05) is 246 Å². The van der Waals surface area contributed by atoms with Gasteiger partial charge in [-0.25, -0.2) is 4.79 Å². The summed E-state index contributed by atoms with van der Waals surface area (Å²) in [5.41, 5.74) is 0. The van der Waals surface area contributed by atoms with Crippen LogP contribution in [-0.4, -0.2) is 89.2 Å². The second kappa shape index (κ2) is 52.1. The largest absolute Gasteiger partial charge is 0.479 e. The SMILES string of the molecule is CC/C=C\C/C=C\C/C=C\C/C=C\C/C=C\CC(=O)OC1C(OCC(COC(=O)CCCCCCCCCCCCCCCCCCCCC)OC(=O)CC/C=C\C/C=C\C/C=C\C/C=C\CC)OC(C(=O)O)C(O)C1O. The molecule has 1 rings (SSSR count). The third-order valence-corrected chi connectivity index (χ3v) is 12.9. The van der Waals surface area contributed by atoms with E-state index < -0.39 is 67.3 Å². The second-order valence-electron chi connectivity index (χ2n) is 19.9. The van der Waals surface area contributed by atoms with Crippen LogP contribution in [0.25, 0.3) is 0 Å². The number of carbonyl (C=O) groups is 4. The summed E-state index contributed by atoms with van der Waals surface area (Å²) in [7, 11) is 0. The molecule has 0 spiro atoms. The monoisotopic (exact) mass is 1080 g/mol. The second-order valence-corrected chi connectivity index (χ2v) is 19.9. The van der Waals surface area contributed by atoms with Crippen molar-refractivity contribution in [1.29, 1.82) is 0 Å². The fraction of sp³-hybridized carbons (Fsp3) is 0.662. The minimum absolute atomic E-state index is 0.0278. The number of carboxylic acid groups (broad SMARTS) is 1. The number of rotatable bonds is 49. The third kappa shape index (κ3) is 42.1. The number of ether oxygens (including phenoxy) is 5. The Labute approximate surface area is 465 Å². The molecular weight excluding hydrogens is 973 g/mol. The van der Waals surface area contributed by atoms with E-state index in [1.807, 2.05) is 24.3 Å². The van der Waals surface area contributed by atoms with E-state index >= 15 is 0 Å². The van der Waals surface area contributed by atoms with Crippen molar-refractivity contribution >= 4 is 23.9 Å². The zero-order valence-corrected chi connectivity index (χ0v) is 47.9. The Kier molecular flexibility index (Phi) is 47.6. The lowest BCUT2D eigenvalue weighted by Crippen LogP contribution is -2.61. The summed E-state index contributed by atoms with van der Waals surface area (Å²) in [4.78, 5) is 51.0. The van der Waals surface area contributed by atoms with Crippen LogP contribution in [0, 0.1) is 0 Å². The predicted octanol–water partition coefficient (Wildman–Crippen LogP) is 15.4. The summed E-state index contributed by atoms with van der Waals surface area (Å²) < 4.78 is 28.2. The van der Waals surface area contributed by atoms with Crippen LogP contribution >= 0.6 is 0 Å². The molecule has 0 amide bonds. The zero-order valence-electron chi connectivity index (χ0n) is 47.9. The molecule has 0 bridgehead atoms. The number of esters is 3. The minimum atomic E-state index is -1.95. The number of aliphatic hydroxyl groups excluding tert-OH is 2. The highest BCUT2D eigenvalue weighted by molar-refractivity contribution is 5.74. The lowest BCUT2D eigenvalue weighted by atomic mass is 9.98. The average Bonchev–Trinajstić information content (AvgIpc) is 3.42. The van der Waals surface area contributed by atoms with E-state index in [1.54, 1.807) is 12.2 Å². The van der Waals surface area contributed by atoms with E-state index in [9.17, 15) is 34.5 Å². The molecule has 0 aliphatic carbocycles. The van der Waals surface area contributed by atoms with Gasteiger partial charge in [-0.2, -0.15) is 0 Å². The van der Waals surface area contributed by atoms with Crippen molar-refractivity contribution < 1.29 is 58.2 Å². The molecule has 0 aromatic rings. The van der Waals surface area contributed by atoms with Crippen molar-refractivity contribution in [2.24, 2.45) is 0 Å². The molecule has 1 heterocycles. The van der Waals surface area contributed by atoms with Gasteiger partial charge in [0.05, 0.1) is 13.0 Å². The van der Waals surface area contributed by atoms with Gasteiger partial charge in [0.25, 0.3) is 0 Å². The highest BCUT2D eigenvalue weighted by atomic mass is 16.7. The maximum atomic E-state index is 13.1. The van der Waals surface area contributed by atoms with Gasteiger partial charge < -0.3 is 39.0 Å². The van der Waals surface area contributed by atoms with E-state index in [4.69, 9.17) is 23.7 Å². The standard InChI is InChI=1S/C65H104O12/c1-4-7-10-13-16-19-22-25-27-28-29-30-32-34-36-39-42-45-48-51-57(66)73-54-56(75-58(67)52-49-46-43-40-37-33-24-21-18-15-12-9-6-3)55-74-65-63(61(70)60(69)62(77-65)64(71)72)76-59(68)53-50-47-44-41-38-35-31-26-23-20-17-14-11-8-5-2/h8-9,11-12,17-18,20-21,26,31,33,37-38,41,43,46-47,50,56,60-63,65,69-70H,4-7,10,13-16,19,22-25,27-30,32,34-36,39-40,42,44-45,48-49,51-55H2,1-3H3,(H,71,72)/b11-8-,12-9-,20-17-,21-18-,31-26-,37-33-,41-38-,46-43-,50-47-. The Balaban J connectivity index is 2.74. The van der Waals surface area contributed by atoms with Gasteiger partial charge in [0.2, 0.25) is 0 Å². The molecule has 6 atom stereocenters. The van der Waals surface area contributed by atoms with E-state index in [0.717, 1.165) is 64.2 Å². The molecule has 0 aromatic carbocycles. The lowest BCUT2D eigenvalue weighted by molar-refractivity contribution is -0.301. The summed E-state index contributed by atoms with van der Waals surface area (Å²) in [6.45, 7) is 5.66. The molecule has 6 unspecified atom stereocenters. The Morgan fingerprint density at radius 1 is 0.455 bits per heavy atom. The normalized spacial score (nSPS) is 18.8. The van der Waals surface area contributed by atoms with Crippen molar-refractivity contribution in [2.75, 3.05) is 13.2 Å². The van der Waals surface area contributed by atoms with E-state index in [0.29, 0.717) is 25.7 Å². The molecule has 1 aliphatic rings. The summed E-state index contributed by atoms with van der Waals surface area (Å²) in [6, 6.07) is 0. The maximum Gasteiger partial charge on any atom is 0.335 e. The number of hydrogen-bond acceptors (Lipinski definition) is 11. The first-order valence-electron chi connectivity index (χ1n) is 29.9. The first-order valence-corrected chi connectivity index (χ1v) is 29.9. The summed E-state index contributed by atoms with van der Waals surface area (Å²) in [5.74, 6) is -3.40. The molecule has 12 nitrogen and oxygen atoms in total. The molecule has 3 N–H and O–H groups in total. The van der Waals surface area contributed by atoms with Gasteiger partial charge in [0.15, 0.2) is 24.6 Å². The van der Waals surface area contributed by atoms with Crippen molar-refractivity contribution in [2.45, 2.75) is 263 Å². The van der Waals surface area contributed by atoms with Gasteiger partial charge >= 0.3 is 23.9 Å². The average molecular weight is 1080 g/mol. The third-order valence-electron chi connectivity index (χ3n) is 12.9. The molecule has 436 valence electrons. The van der Waals surface area contributed by atoms with Crippen LogP contribution in [0.4, 0.5) is 0 Å². The number of aliphatic hydroxyl groups is 2. The van der Waals surface area contributed by atoms with Gasteiger partial charge in [-0.15, -0.1) is 0 Å². The number of aliphatic carboxylic acids is 1. The summed E-state index contributed by atoms with van der Waals surface area (Å²) >= 11 is 0. The van der Waals surface area contributed by atoms with Gasteiger partial charge in [-0.05, 0) is 70.6 Å². The Hall–Kier alpha value is -4.62. The van der Waals surface area contributed by atoms with Gasteiger partial charge in [0, 0.05) is 12.8 Å². The molecule has 1 fully saturated rings. The summed E-state index contributed by atoms with van der Waals surface area (Å²) in [6.07, 6.45) is 58.3. The molecule has 77 heavy (non-hydrogen) atoms. The van der Waals surface area contributed by atoms with E-state index in [-0.39, 0.29) is 25.9 Å². The van der Waals surface area contributed by atoms with Crippen LogP contribution in [0.2, 0.25) is 0 Å². The van der Waals surface area contributed by atoms with Crippen LogP contribution in [0.15, 0.2) is 109 Å². The van der Waals surface area contributed by atoms with Crippen LogP contribution in [0.1, 0.15) is 226 Å². The van der Waals surface area contributed by atoms with Crippen molar-refractivity contribution in [3.8, 4) is 0 Å². The van der Waals surface area contributed by atoms with E-state index in [2.05, 4.69) is 93.7 Å². The number of allylic oxidation sites excluding steroid dienone is 17. The van der Waals surface area contributed by atoms with E-state index in [1.165, 1.54) is 96.3 Å². The smallest absolute Gasteiger partial charge is 0.335 e. The predicted molar refractivity (Wildman–Crippen MR) is 312 cm³/mol. The number of carboxylic acids is 1. The van der Waals surface area contributed by atoms with Crippen LogP contribution in [-0.2, 0) is 42.9 Å². The highest BCUT2D eigenvalue weighted by Gasteiger charge is 2.50. The molecule has 0 saturated carbocycles. The fourth-order valence-electron chi connectivity index (χ4n) is 8.40. The van der Waals surface area contributed by atoms with Crippen LogP contribution < -0.4 is 0 Å². The first kappa shape index (κ1) is 70.4.